The number of nitrogens with zero attached hydrogens (tertiary/aromatic N) is 1. The summed E-state index contributed by atoms with van der Waals surface area (Å²) in [5, 5.41) is 14.9. The number of carbonyl (C=O) groups is 1. The summed E-state index contributed by atoms with van der Waals surface area (Å²) in [5.41, 5.74) is 4.83. The molecule has 0 aromatic heterocycles. The van der Waals surface area contributed by atoms with Crippen molar-refractivity contribution in [3.63, 3.8) is 0 Å². The Bertz CT molecular complexity index is 305. The average Bonchev–Trinajstić information content (AvgIpc) is 2.91. The maximum atomic E-state index is 12.3. The van der Waals surface area contributed by atoms with Crippen LogP contribution in [0.15, 0.2) is 5.16 Å². The fourth-order valence-corrected chi connectivity index (χ4v) is 2.77. The third-order valence-corrected chi connectivity index (χ3v) is 4.27. The first kappa shape index (κ1) is 14.8. The molecule has 0 spiro atoms. The number of nitrogens with two attached hydrogens (primary N) is 1. The van der Waals surface area contributed by atoms with Crippen molar-refractivity contribution in [2.45, 2.75) is 52.4 Å². The lowest BCUT2D eigenvalue weighted by Gasteiger charge is -2.29. The molecular formula is C13H25N3O2. The number of nitrogens with one attached hydrogen (secondary N) is 1. The molecule has 1 amide bonds. The van der Waals surface area contributed by atoms with Gasteiger partial charge in [0.05, 0.1) is 0 Å². The van der Waals surface area contributed by atoms with E-state index >= 15 is 0 Å². The van der Waals surface area contributed by atoms with Crippen molar-refractivity contribution in [1.29, 1.82) is 0 Å². The zero-order valence-corrected chi connectivity index (χ0v) is 11.4. The quantitative estimate of drug-likeness (QED) is 0.293. The number of hydrogen-bond acceptors (Lipinski definition) is 3. The van der Waals surface area contributed by atoms with E-state index in [1.165, 1.54) is 25.7 Å². The van der Waals surface area contributed by atoms with Crippen molar-refractivity contribution in [3.05, 3.63) is 0 Å². The summed E-state index contributed by atoms with van der Waals surface area (Å²) >= 11 is 0. The van der Waals surface area contributed by atoms with Crippen LogP contribution in [0.25, 0.3) is 0 Å². The molecule has 5 heteroatoms. The van der Waals surface area contributed by atoms with Crippen LogP contribution >= 0.6 is 0 Å². The van der Waals surface area contributed by atoms with E-state index in [0.717, 1.165) is 0 Å². The van der Waals surface area contributed by atoms with Crippen molar-refractivity contribution in [1.82, 2.24) is 5.32 Å². The smallest absolute Gasteiger partial charge is 0.233 e. The van der Waals surface area contributed by atoms with Crippen LogP contribution in [-0.4, -0.2) is 23.5 Å². The van der Waals surface area contributed by atoms with E-state index in [9.17, 15) is 4.79 Å². The summed E-state index contributed by atoms with van der Waals surface area (Å²) in [5.74, 6) is 0.485. The first-order chi connectivity index (χ1) is 8.60. The lowest BCUT2D eigenvalue weighted by atomic mass is 9.80. The minimum absolute atomic E-state index is 0.0106. The topological polar surface area (TPSA) is 87.7 Å². The highest BCUT2D eigenvalue weighted by Crippen LogP contribution is 2.28. The maximum Gasteiger partial charge on any atom is 0.233 e. The zero-order chi connectivity index (χ0) is 13.6. The summed E-state index contributed by atoms with van der Waals surface area (Å²) < 4.78 is 0. The first-order valence-electron chi connectivity index (χ1n) is 6.87. The predicted molar refractivity (Wildman–Crippen MR) is 71.4 cm³/mol. The third-order valence-electron chi connectivity index (χ3n) is 4.27. The van der Waals surface area contributed by atoms with Gasteiger partial charge >= 0.3 is 0 Å². The van der Waals surface area contributed by atoms with Crippen LogP contribution in [0.3, 0.4) is 0 Å². The van der Waals surface area contributed by atoms with Gasteiger partial charge in [-0.15, -0.1) is 0 Å². The molecule has 104 valence electrons. The van der Waals surface area contributed by atoms with Crippen molar-refractivity contribution < 1.29 is 10.0 Å². The molecule has 18 heavy (non-hydrogen) atoms. The predicted octanol–water partition coefficient (Wildman–Crippen LogP) is 1.85. The highest BCUT2D eigenvalue weighted by molar-refractivity contribution is 6.06. The zero-order valence-electron chi connectivity index (χ0n) is 11.4. The molecule has 1 rings (SSSR count). The average molecular weight is 255 g/mol. The molecule has 0 radical (unpaired) electrons. The van der Waals surface area contributed by atoms with Gasteiger partial charge in [-0.1, -0.05) is 31.8 Å². The summed E-state index contributed by atoms with van der Waals surface area (Å²) in [6.45, 7) is 4.48. The van der Waals surface area contributed by atoms with Crippen molar-refractivity contribution in [2.24, 2.45) is 22.2 Å². The molecule has 0 aromatic rings. The highest BCUT2D eigenvalue weighted by atomic mass is 16.4. The number of oxime groups is 1. The van der Waals surface area contributed by atoms with Crippen LogP contribution in [0, 0.1) is 11.3 Å². The molecule has 4 N–H and O–H groups in total. The molecule has 1 aliphatic rings. The molecule has 1 saturated carbocycles. The molecule has 0 bridgehead atoms. The fraction of sp³-hybridized carbons (Fsp3) is 0.846. The Balaban J connectivity index is 2.64. The first-order valence-corrected chi connectivity index (χ1v) is 6.87. The second-order valence-corrected chi connectivity index (χ2v) is 5.13. The van der Waals surface area contributed by atoms with Gasteiger partial charge in [0.2, 0.25) is 5.91 Å². The Labute approximate surface area is 109 Å². The molecule has 0 aliphatic heterocycles. The van der Waals surface area contributed by atoms with E-state index in [1.807, 2.05) is 13.8 Å². The molecule has 0 unspecified atom stereocenters. The van der Waals surface area contributed by atoms with Gasteiger partial charge in [-0.2, -0.15) is 0 Å². The van der Waals surface area contributed by atoms with Crippen molar-refractivity contribution >= 4 is 11.7 Å². The van der Waals surface area contributed by atoms with Crippen molar-refractivity contribution in [2.75, 3.05) is 6.54 Å². The molecule has 0 saturated heterocycles. The van der Waals surface area contributed by atoms with Gasteiger partial charge in [0, 0.05) is 6.54 Å². The van der Waals surface area contributed by atoms with Crippen LogP contribution in [-0.2, 0) is 4.79 Å². The van der Waals surface area contributed by atoms with Gasteiger partial charge in [-0.25, -0.2) is 0 Å². The van der Waals surface area contributed by atoms with Crippen LogP contribution in [0.1, 0.15) is 52.4 Å². The Morgan fingerprint density at radius 2 is 1.94 bits per heavy atom. The standard InChI is InChI=1S/C13H25N3O2/c1-3-13(4-2,11(14)16-18)12(17)15-9-10-7-5-6-8-10/h10,18H,3-9H2,1-2H3,(H2,14,16)(H,15,17). The summed E-state index contributed by atoms with van der Waals surface area (Å²) in [6.07, 6.45) is 5.97. The van der Waals surface area contributed by atoms with E-state index in [0.29, 0.717) is 25.3 Å². The summed E-state index contributed by atoms with van der Waals surface area (Å²) in [7, 11) is 0. The summed E-state index contributed by atoms with van der Waals surface area (Å²) in [4.78, 5) is 12.3. The SMILES string of the molecule is CCC(CC)(C(=O)NCC1CCCC1)C(N)=NO. The van der Waals surface area contributed by atoms with E-state index in [1.54, 1.807) is 0 Å². The molecule has 0 atom stereocenters. The third kappa shape index (κ3) is 2.94. The number of hydrogen-bond donors (Lipinski definition) is 3. The van der Waals surface area contributed by atoms with Gasteiger partial charge in [0.1, 0.15) is 5.41 Å². The van der Waals surface area contributed by atoms with Gasteiger partial charge in [0.25, 0.3) is 0 Å². The molecule has 1 fully saturated rings. The van der Waals surface area contributed by atoms with E-state index in [4.69, 9.17) is 10.9 Å². The second kappa shape index (κ2) is 6.61. The second-order valence-electron chi connectivity index (χ2n) is 5.13. The maximum absolute atomic E-state index is 12.3. The van der Waals surface area contributed by atoms with Crippen LogP contribution in [0.4, 0.5) is 0 Å². The monoisotopic (exact) mass is 255 g/mol. The normalized spacial score (nSPS) is 18.0. The Morgan fingerprint density at radius 1 is 1.39 bits per heavy atom. The van der Waals surface area contributed by atoms with Crippen molar-refractivity contribution in [3.8, 4) is 0 Å². The molecule has 1 aliphatic carbocycles. The van der Waals surface area contributed by atoms with E-state index in [-0.39, 0.29) is 11.7 Å². The van der Waals surface area contributed by atoms with Gasteiger partial charge in [-0.05, 0) is 31.6 Å². The Hall–Kier alpha value is -1.26. The molecular weight excluding hydrogens is 230 g/mol. The minimum atomic E-state index is -0.868. The number of amidine groups is 1. The minimum Gasteiger partial charge on any atom is -0.409 e. The van der Waals surface area contributed by atoms with E-state index in [2.05, 4.69) is 10.5 Å². The van der Waals surface area contributed by atoms with Crippen LogP contribution < -0.4 is 11.1 Å². The largest absolute Gasteiger partial charge is 0.409 e. The van der Waals surface area contributed by atoms with Gasteiger partial charge in [-0.3, -0.25) is 4.79 Å². The highest BCUT2D eigenvalue weighted by Gasteiger charge is 2.39. The summed E-state index contributed by atoms with van der Waals surface area (Å²) in [6, 6.07) is 0. The number of amides is 1. The number of carbonyl (C=O) groups excluding carboxylic acids is 1. The van der Waals surface area contributed by atoms with Gasteiger partial charge in [0.15, 0.2) is 5.84 Å². The Kier molecular flexibility index (Phi) is 5.44. The lowest BCUT2D eigenvalue weighted by molar-refractivity contribution is -0.128. The molecule has 5 nitrogen and oxygen atoms in total. The Morgan fingerprint density at radius 3 is 2.39 bits per heavy atom. The molecule has 0 aromatic carbocycles. The van der Waals surface area contributed by atoms with Gasteiger partial charge < -0.3 is 16.3 Å². The lowest BCUT2D eigenvalue weighted by Crippen LogP contribution is -2.50. The van der Waals surface area contributed by atoms with Crippen LogP contribution in [0.5, 0.6) is 0 Å². The number of rotatable bonds is 6. The van der Waals surface area contributed by atoms with Crippen LogP contribution in [0.2, 0.25) is 0 Å². The van der Waals surface area contributed by atoms with E-state index < -0.39 is 5.41 Å². The fourth-order valence-electron chi connectivity index (χ4n) is 2.77. The molecule has 0 heterocycles.